The first-order valence-electron chi connectivity index (χ1n) is 7.22. The number of hydrogen-bond donors (Lipinski definition) is 1. The molecule has 0 aliphatic carbocycles. The molecule has 2 rings (SSSR count). The van der Waals surface area contributed by atoms with Crippen LogP contribution in [0.2, 0.25) is 5.15 Å². The topological polar surface area (TPSA) is 51.8 Å². The van der Waals surface area contributed by atoms with E-state index in [9.17, 15) is 4.39 Å². The SMILES string of the molecule is CC.CCC(C)(C)N.Cc1nc2ccc(F)c(Br)c2nc1Cl. The van der Waals surface area contributed by atoms with Gasteiger partial charge in [0.1, 0.15) is 11.3 Å². The molecule has 0 saturated carbocycles. The van der Waals surface area contributed by atoms with Gasteiger partial charge in [-0.15, -0.1) is 0 Å². The van der Waals surface area contributed by atoms with E-state index in [0.717, 1.165) is 6.42 Å². The molecule has 0 unspecified atom stereocenters. The van der Waals surface area contributed by atoms with Crippen LogP contribution in [0.25, 0.3) is 11.0 Å². The predicted octanol–water partition coefficient (Wildman–Crippen LogP) is 5.65. The maximum Gasteiger partial charge on any atom is 0.151 e. The zero-order valence-corrected chi connectivity index (χ0v) is 16.3. The van der Waals surface area contributed by atoms with Gasteiger partial charge >= 0.3 is 0 Å². The van der Waals surface area contributed by atoms with Gasteiger partial charge in [0.05, 0.1) is 15.7 Å². The Morgan fingerprint density at radius 3 is 2.23 bits per heavy atom. The smallest absolute Gasteiger partial charge is 0.151 e. The fourth-order valence-corrected chi connectivity index (χ4v) is 1.68. The number of aryl methyl sites for hydroxylation is 1. The van der Waals surface area contributed by atoms with Crippen LogP contribution in [0.3, 0.4) is 0 Å². The highest BCUT2D eigenvalue weighted by molar-refractivity contribution is 9.10. The van der Waals surface area contributed by atoms with Gasteiger partial charge in [0.25, 0.3) is 0 Å². The highest BCUT2D eigenvalue weighted by atomic mass is 79.9. The van der Waals surface area contributed by atoms with Crippen LogP contribution in [0.15, 0.2) is 16.6 Å². The molecule has 0 spiro atoms. The lowest BCUT2D eigenvalue weighted by molar-refractivity contribution is 0.501. The molecular formula is C16H24BrClFN3. The maximum atomic E-state index is 13.1. The Labute approximate surface area is 145 Å². The summed E-state index contributed by atoms with van der Waals surface area (Å²) in [6, 6.07) is 2.92. The van der Waals surface area contributed by atoms with E-state index in [4.69, 9.17) is 17.3 Å². The second-order valence-corrected chi connectivity index (χ2v) is 6.32. The molecule has 0 aliphatic heterocycles. The first-order valence-corrected chi connectivity index (χ1v) is 8.39. The van der Waals surface area contributed by atoms with Crippen molar-refractivity contribution >= 4 is 38.6 Å². The van der Waals surface area contributed by atoms with Crippen molar-refractivity contribution in [3.8, 4) is 0 Å². The maximum absolute atomic E-state index is 13.1. The Hall–Kier alpha value is -0.780. The van der Waals surface area contributed by atoms with E-state index in [0.29, 0.717) is 26.4 Å². The molecule has 2 aromatic rings. The van der Waals surface area contributed by atoms with Gasteiger partial charge in [0.15, 0.2) is 5.15 Å². The van der Waals surface area contributed by atoms with Crippen molar-refractivity contribution in [2.24, 2.45) is 5.73 Å². The summed E-state index contributed by atoms with van der Waals surface area (Å²) in [5.74, 6) is -0.369. The Balaban J connectivity index is 0.000000470. The number of fused-ring (bicyclic) bond motifs is 1. The third-order valence-electron chi connectivity index (χ3n) is 2.76. The lowest BCUT2D eigenvalue weighted by Crippen LogP contribution is -2.30. The van der Waals surface area contributed by atoms with Crippen LogP contribution >= 0.6 is 27.5 Å². The van der Waals surface area contributed by atoms with Crippen molar-refractivity contribution in [2.45, 2.75) is 53.5 Å². The molecule has 22 heavy (non-hydrogen) atoms. The summed E-state index contributed by atoms with van der Waals surface area (Å²) in [6.07, 6.45) is 1.05. The third kappa shape index (κ3) is 6.55. The molecule has 0 aliphatic rings. The van der Waals surface area contributed by atoms with E-state index in [-0.39, 0.29) is 11.4 Å². The van der Waals surface area contributed by atoms with Crippen molar-refractivity contribution in [2.75, 3.05) is 0 Å². The number of nitrogens with zero attached hydrogens (tertiary/aromatic N) is 2. The van der Waals surface area contributed by atoms with Gasteiger partial charge in [-0.1, -0.05) is 32.4 Å². The standard InChI is InChI=1S/C9H5BrClFN2.C5H13N.C2H6/c1-4-9(11)14-8-6(13-4)3-2-5(12)7(8)10;1-4-5(2,3)6;1-2/h2-3H,1H3;4,6H2,1-3H3;1-2H3. The van der Waals surface area contributed by atoms with E-state index in [1.807, 2.05) is 27.7 Å². The van der Waals surface area contributed by atoms with Crippen molar-refractivity contribution < 1.29 is 4.39 Å². The van der Waals surface area contributed by atoms with Crippen LogP contribution in [0, 0.1) is 12.7 Å². The Morgan fingerprint density at radius 2 is 1.77 bits per heavy atom. The lowest BCUT2D eigenvalue weighted by Gasteiger charge is -2.13. The Morgan fingerprint density at radius 1 is 1.27 bits per heavy atom. The molecule has 0 radical (unpaired) electrons. The van der Waals surface area contributed by atoms with Gasteiger partial charge in [-0.2, -0.15) is 0 Å². The summed E-state index contributed by atoms with van der Waals surface area (Å²) in [4.78, 5) is 8.24. The largest absolute Gasteiger partial charge is 0.326 e. The zero-order valence-electron chi connectivity index (χ0n) is 14.0. The molecule has 0 saturated heterocycles. The molecule has 0 bridgehead atoms. The van der Waals surface area contributed by atoms with Crippen LogP contribution < -0.4 is 5.73 Å². The predicted molar refractivity (Wildman–Crippen MR) is 96.8 cm³/mol. The van der Waals surface area contributed by atoms with Crippen LogP contribution in [-0.4, -0.2) is 15.5 Å². The lowest BCUT2D eigenvalue weighted by atomic mass is 10.1. The highest BCUT2D eigenvalue weighted by Crippen LogP contribution is 2.26. The van der Waals surface area contributed by atoms with Crippen molar-refractivity contribution in [1.82, 2.24) is 9.97 Å². The van der Waals surface area contributed by atoms with E-state index < -0.39 is 0 Å². The summed E-state index contributed by atoms with van der Waals surface area (Å²) in [7, 11) is 0. The van der Waals surface area contributed by atoms with E-state index in [2.05, 4.69) is 32.8 Å². The summed E-state index contributed by atoms with van der Waals surface area (Å²) >= 11 is 8.90. The minimum Gasteiger partial charge on any atom is -0.326 e. The average molecular weight is 393 g/mol. The summed E-state index contributed by atoms with van der Waals surface area (Å²) in [5.41, 5.74) is 7.28. The van der Waals surface area contributed by atoms with Crippen LogP contribution in [0.5, 0.6) is 0 Å². The minimum absolute atomic E-state index is 0.0417. The quantitative estimate of drug-likeness (QED) is 0.682. The number of benzene rings is 1. The minimum atomic E-state index is -0.369. The van der Waals surface area contributed by atoms with Gasteiger partial charge in [-0.3, -0.25) is 0 Å². The summed E-state index contributed by atoms with van der Waals surface area (Å²) < 4.78 is 13.4. The molecule has 6 heteroatoms. The number of nitrogens with two attached hydrogens (primary N) is 1. The van der Waals surface area contributed by atoms with Crippen molar-refractivity contribution in [3.05, 3.63) is 33.3 Å². The Bertz CT molecular complexity index is 612. The second kappa shape index (κ2) is 9.38. The van der Waals surface area contributed by atoms with Crippen molar-refractivity contribution in [3.63, 3.8) is 0 Å². The van der Waals surface area contributed by atoms with Gasteiger partial charge < -0.3 is 5.73 Å². The molecule has 3 nitrogen and oxygen atoms in total. The molecule has 0 atom stereocenters. The molecule has 2 N–H and O–H groups in total. The number of aromatic nitrogens is 2. The third-order valence-corrected chi connectivity index (χ3v) is 3.87. The first-order chi connectivity index (χ1) is 10.2. The van der Waals surface area contributed by atoms with E-state index in [1.165, 1.54) is 6.07 Å². The van der Waals surface area contributed by atoms with Crippen molar-refractivity contribution in [1.29, 1.82) is 0 Å². The number of halogens is 3. The van der Waals surface area contributed by atoms with Gasteiger partial charge in [-0.25, -0.2) is 14.4 Å². The normalized spacial score (nSPS) is 10.5. The van der Waals surface area contributed by atoms with E-state index in [1.54, 1.807) is 13.0 Å². The summed E-state index contributed by atoms with van der Waals surface area (Å²) in [5, 5.41) is 0.295. The fraction of sp³-hybridized carbons (Fsp3) is 0.500. The van der Waals surface area contributed by atoms with Gasteiger partial charge in [0.2, 0.25) is 0 Å². The molecule has 1 aromatic heterocycles. The highest BCUT2D eigenvalue weighted by Gasteiger charge is 2.09. The molecular weight excluding hydrogens is 369 g/mol. The molecule has 0 fully saturated rings. The summed E-state index contributed by atoms with van der Waals surface area (Å²) in [6.45, 7) is 11.9. The molecule has 1 heterocycles. The van der Waals surface area contributed by atoms with Crippen LogP contribution in [0.1, 0.15) is 46.7 Å². The van der Waals surface area contributed by atoms with Gasteiger partial charge in [0, 0.05) is 5.54 Å². The molecule has 124 valence electrons. The Kier molecular flexibility index (Phi) is 9.05. The van der Waals surface area contributed by atoms with Crippen LogP contribution in [-0.2, 0) is 0 Å². The zero-order chi connectivity index (χ0) is 17.5. The second-order valence-electron chi connectivity index (χ2n) is 5.17. The fourth-order valence-electron chi connectivity index (χ4n) is 1.13. The molecule has 0 amide bonds. The van der Waals surface area contributed by atoms with E-state index >= 15 is 0 Å². The number of rotatable bonds is 1. The van der Waals surface area contributed by atoms with Crippen LogP contribution in [0.4, 0.5) is 4.39 Å². The number of hydrogen-bond acceptors (Lipinski definition) is 3. The molecule has 1 aromatic carbocycles. The first kappa shape index (κ1) is 21.2. The monoisotopic (exact) mass is 391 g/mol. The van der Waals surface area contributed by atoms with Gasteiger partial charge in [-0.05, 0) is 55.3 Å². The average Bonchev–Trinajstić information content (AvgIpc) is 2.47.